The molecule has 1 N–H and O–H groups in total. The van der Waals surface area contributed by atoms with E-state index in [1.807, 2.05) is 13.1 Å². The van der Waals surface area contributed by atoms with E-state index in [0.717, 1.165) is 18.5 Å². The van der Waals surface area contributed by atoms with Crippen molar-refractivity contribution in [1.82, 2.24) is 10.2 Å². The number of likely N-dealkylation sites (N-methyl/N-ethyl adjacent to an activating group) is 1. The van der Waals surface area contributed by atoms with Crippen molar-refractivity contribution >= 4 is 21.8 Å². The van der Waals surface area contributed by atoms with Gasteiger partial charge in [0, 0.05) is 32.6 Å². The number of piperidine rings is 1. The van der Waals surface area contributed by atoms with Crippen molar-refractivity contribution in [1.29, 1.82) is 0 Å². The highest BCUT2D eigenvalue weighted by Gasteiger charge is 2.22. The Labute approximate surface area is 114 Å². The van der Waals surface area contributed by atoms with Gasteiger partial charge in [-0.1, -0.05) is 6.07 Å². The Bertz CT molecular complexity index is 453. The maximum Gasteiger partial charge on any atom is 0.222 e. The molecule has 1 heterocycles. The van der Waals surface area contributed by atoms with Crippen LogP contribution in [0.5, 0.6) is 0 Å². The molecule has 3 nitrogen and oxygen atoms in total. The summed E-state index contributed by atoms with van der Waals surface area (Å²) in [7, 11) is 1.81. The molecule has 1 unspecified atom stereocenters. The highest BCUT2D eigenvalue weighted by molar-refractivity contribution is 9.10. The molecule has 1 amide bonds. The van der Waals surface area contributed by atoms with Gasteiger partial charge in [0.25, 0.3) is 0 Å². The number of nitrogens with zero attached hydrogens (tertiary/aromatic N) is 1. The van der Waals surface area contributed by atoms with E-state index in [1.54, 1.807) is 11.0 Å². The van der Waals surface area contributed by atoms with Gasteiger partial charge in [-0.15, -0.1) is 0 Å². The van der Waals surface area contributed by atoms with E-state index in [-0.39, 0.29) is 11.7 Å². The van der Waals surface area contributed by atoms with Gasteiger partial charge in [0.05, 0.1) is 4.47 Å². The zero-order valence-corrected chi connectivity index (χ0v) is 11.8. The molecule has 0 bridgehead atoms. The highest BCUT2D eigenvalue weighted by Crippen LogP contribution is 2.17. The molecular weight excluding hydrogens is 299 g/mol. The standard InChI is InChI=1S/C13H16BrFN2O/c1-17-8-10(3-5-13(17)18)16-7-9-2-4-11(14)12(15)6-9/h2,4,6,10,16H,3,5,7-8H2,1H3. The van der Waals surface area contributed by atoms with E-state index in [2.05, 4.69) is 21.2 Å². The molecule has 2 rings (SSSR count). The van der Waals surface area contributed by atoms with Gasteiger partial charge < -0.3 is 10.2 Å². The monoisotopic (exact) mass is 314 g/mol. The highest BCUT2D eigenvalue weighted by atomic mass is 79.9. The van der Waals surface area contributed by atoms with Crippen LogP contribution < -0.4 is 5.32 Å². The minimum Gasteiger partial charge on any atom is -0.344 e. The molecule has 18 heavy (non-hydrogen) atoms. The third-order valence-corrected chi connectivity index (χ3v) is 3.85. The second-order valence-electron chi connectivity index (χ2n) is 4.64. The SMILES string of the molecule is CN1CC(NCc2ccc(Br)c(F)c2)CCC1=O. The first-order valence-corrected chi connectivity index (χ1v) is 6.77. The van der Waals surface area contributed by atoms with E-state index < -0.39 is 0 Å². The van der Waals surface area contributed by atoms with Crippen molar-refractivity contribution in [2.75, 3.05) is 13.6 Å². The number of amides is 1. The summed E-state index contributed by atoms with van der Waals surface area (Å²) < 4.78 is 13.8. The lowest BCUT2D eigenvalue weighted by molar-refractivity contribution is -0.132. The van der Waals surface area contributed by atoms with Crippen LogP contribution in [0.4, 0.5) is 4.39 Å². The van der Waals surface area contributed by atoms with Crippen LogP contribution in [0.25, 0.3) is 0 Å². The zero-order chi connectivity index (χ0) is 13.1. The number of hydrogen-bond acceptors (Lipinski definition) is 2. The first kappa shape index (κ1) is 13.5. The minimum atomic E-state index is -0.245. The lowest BCUT2D eigenvalue weighted by atomic mass is 10.1. The second kappa shape index (κ2) is 5.80. The van der Waals surface area contributed by atoms with Gasteiger partial charge in [0.1, 0.15) is 5.82 Å². The van der Waals surface area contributed by atoms with Crippen molar-refractivity contribution in [2.24, 2.45) is 0 Å². The molecule has 0 aromatic heterocycles. The maximum absolute atomic E-state index is 13.3. The van der Waals surface area contributed by atoms with E-state index >= 15 is 0 Å². The summed E-state index contributed by atoms with van der Waals surface area (Å²) >= 11 is 3.13. The average molecular weight is 315 g/mol. The fourth-order valence-electron chi connectivity index (χ4n) is 2.09. The molecule has 0 radical (unpaired) electrons. The first-order chi connectivity index (χ1) is 8.56. The lowest BCUT2D eigenvalue weighted by Crippen LogP contribution is -2.46. The molecular formula is C13H16BrFN2O. The molecule has 1 fully saturated rings. The molecule has 1 saturated heterocycles. The van der Waals surface area contributed by atoms with E-state index in [9.17, 15) is 9.18 Å². The summed E-state index contributed by atoms with van der Waals surface area (Å²) in [6.45, 7) is 1.34. The quantitative estimate of drug-likeness (QED) is 0.928. The molecule has 0 saturated carbocycles. The van der Waals surface area contributed by atoms with Crippen LogP contribution in [0.15, 0.2) is 22.7 Å². The van der Waals surface area contributed by atoms with Gasteiger partial charge in [-0.3, -0.25) is 4.79 Å². The summed E-state index contributed by atoms with van der Waals surface area (Å²) in [6.07, 6.45) is 1.44. The minimum absolute atomic E-state index is 0.197. The van der Waals surface area contributed by atoms with Gasteiger partial charge in [-0.2, -0.15) is 0 Å². The Kier molecular flexibility index (Phi) is 4.35. The molecule has 1 aromatic rings. The molecule has 1 atom stereocenters. The largest absolute Gasteiger partial charge is 0.344 e. The van der Waals surface area contributed by atoms with E-state index in [4.69, 9.17) is 0 Å². The number of carbonyl (C=O) groups excluding carboxylic acids is 1. The number of nitrogens with one attached hydrogen (secondary N) is 1. The first-order valence-electron chi connectivity index (χ1n) is 5.97. The Hall–Kier alpha value is -0.940. The number of likely N-dealkylation sites (tertiary alicyclic amines) is 1. The molecule has 98 valence electrons. The Morgan fingerprint density at radius 1 is 1.56 bits per heavy atom. The normalized spacial score (nSPS) is 20.3. The molecule has 1 aliphatic heterocycles. The number of halogens is 2. The summed E-state index contributed by atoms with van der Waals surface area (Å²) in [5.74, 6) is -0.0482. The van der Waals surface area contributed by atoms with E-state index in [1.165, 1.54) is 6.07 Å². The van der Waals surface area contributed by atoms with E-state index in [0.29, 0.717) is 23.5 Å². The van der Waals surface area contributed by atoms with Crippen molar-refractivity contribution in [3.63, 3.8) is 0 Å². The maximum atomic E-state index is 13.3. The second-order valence-corrected chi connectivity index (χ2v) is 5.49. The van der Waals surface area contributed by atoms with Crippen LogP contribution in [-0.4, -0.2) is 30.4 Å². The van der Waals surface area contributed by atoms with Crippen molar-refractivity contribution < 1.29 is 9.18 Å². The van der Waals surface area contributed by atoms with Crippen LogP contribution in [-0.2, 0) is 11.3 Å². The number of hydrogen-bond donors (Lipinski definition) is 1. The average Bonchev–Trinajstić information content (AvgIpc) is 2.35. The number of carbonyl (C=O) groups is 1. The topological polar surface area (TPSA) is 32.3 Å². The van der Waals surface area contributed by atoms with Gasteiger partial charge in [-0.05, 0) is 40.0 Å². The van der Waals surface area contributed by atoms with Crippen LogP contribution in [0, 0.1) is 5.82 Å². The Morgan fingerprint density at radius 3 is 3.00 bits per heavy atom. The van der Waals surface area contributed by atoms with Gasteiger partial charge in [-0.25, -0.2) is 4.39 Å². The predicted molar refractivity (Wildman–Crippen MR) is 71.6 cm³/mol. The third-order valence-electron chi connectivity index (χ3n) is 3.21. The van der Waals surface area contributed by atoms with Crippen molar-refractivity contribution in [3.05, 3.63) is 34.1 Å². The molecule has 0 aliphatic carbocycles. The Balaban J connectivity index is 1.88. The number of rotatable bonds is 3. The summed E-state index contributed by atoms with van der Waals surface area (Å²) in [5, 5.41) is 3.36. The fraction of sp³-hybridized carbons (Fsp3) is 0.462. The lowest BCUT2D eigenvalue weighted by Gasteiger charge is -2.30. The number of benzene rings is 1. The third kappa shape index (κ3) is 3.29. The molecule has 1 aliphatic rings. The molecule has 1 aromatic carbocycles. The summed E-state index contributed by atoms with van der Waals surface area (Å²) in [6, 6.07) is 5.41. The molecule has 5 heteroatoms. The smallest absolute Gasteiger partial charge is 0.222 e. The molecule has 0 spiro atoms. The van der Waals surface area contributed by atoms with Crippen LogP contribution in [0.3, 0.4) is 0 Å². The van der Waals surface area contributed by atoms with Crippen LogP contribution in [0.2, 0.25) is 0 Å². The van der Waals surface area contributed by atoms with Gasteiger partial charge in [0.15, 0.2) is 0 Å². The fourth-order valence-corrected chi connectivity index (χ4v) is 2.34. The zero-order valence-electron chi connectivity index (χ0n) is 10.2. The van der Waals surface area contributed by atoms with Crippen LogP contribution in [0.1, 0.15) is 18.4 Å². The Morgan fingerprint density at radius 2 is 2.33 bits per heavy atom. The van der Waals surface area contributed by atoms with Gasteiger partial charge in [0.2, 0.25) is 5.91 Å². The predicted octanol–water partition coefficient (Wildman–Crippen LogP) is 2.30. The van der Waals surface area contributed by atoms with Gasteiger partial charge >= 0.3 is 0 Å². The summed E-state index contributed by atoms with van der Waals surface area (Å²) in [4.78, 5) is 13.1. The van der Waals surface area contributed by atoms with Crippen LogP contribution >= 0.6 is 15.9 Å². The summed E-state index contributed by atoms with van der Waals surface area (Å²) in [5.41, 5.74) is 0.912. The van der Waals surface area contributed by atoms with Crippen molar-refractivity contribution in [2.45, 2.75) is 25.4 Å². The van der Waals surface area contributed by atoms with Crippen molar-refractivity contribution in [3.8, 4) is 0 Å².